The van der Waals surface area contributed by atoms with Crippen LogP contribution in [0, 0.1) is 49.4 Å². The van der Waals surface area contributed by atoms with Crippen molar-refractivity contribution in [1.29, 1.82) is 0 Å². The number of halogens is 2. The van der Waals surface area contributed by atoms with Crippen molar-refractivity contribution in [2.45, 2.75) is 169 Å². The van der Waals surface area contributed by atoms with E-state index in [2.05, 4.69) is 10.6 Å². The van der Waals surface area contributed by atoms with Gasteiger partial charge in [0.25, 0.3) is 29.5 Å². The first kappa shape index (κ1) is 101. The summed E-state index contributed by atoms with van der Waals surface area (Å²) in [4.78, 5) is 191. The first-order valence-corrected chi connectivity index (χ1v) is 42.6. The van der Waals surface area contributed by atoms with Crippen LogP contribution in [0.4, 0.5) is 41.9 Å². The lowest BCUT2D eigenvalue weighted by atomic mass is 9.84. The minimum Gasteiger partial charge on any atom is -0.481 e. The van der Waals surface area contributed by atoms with Crippen LogP contribution in [0.15, 0.2) is 170 Å². The van der Waals surface area contributed by atoms with Crippen molar-refractivity contribution in [1.82, 2.24) is 44.9 Å². The Balaban J connectivity index is 0.000000218. The van der Waals surface area contributed by atoms with Crippen LogP contribution < -0.4 is 36.0 Å². The van der Waals surface area contributed by atoms with E-state index in [1.54, 1.807) is 73.7 Å². The second-order valence-corrected chi connectivity index (χ2v) is 34.5. The number of carboxylic acid groups (broad SMARTS) is 2. The molecule has 8 fully saturated rings. The maximum absolute atomic E-state index is 13.5. The first-order valence-electron chi connectivity index (χ1n) is 42.6. The molecule has 8 heterocycles. The van der Waals surface area contributed by atoms with Crippen molar-refractivity contribution >= 4 is 131 Å². The number of likely N-dealkylation sites (N-methyl/N-ethyl adjacent to an activating group) is 4. The molecule has 6 aromatic carbocycles. The SMILES string of the molecule is CC(C)[C@@H](C)C(=O)N1CCC2(CC1)C(=O)N(C)C(=O)N2c1ccccc1.CC(C)[C@@H](C)C(=O)O.CC(C)[C@@H](N)C(=O)N1CCC2(CC1)C(=O)N(C)C(=O)N2c1ccccc1.CN1C(=O)N(c2ccccc2)C2(CCNCC2)C1=O.Cc1cccc(C(=O)N[C@@H](C(=O)N2CCC3(CC2)C(=O)N(C)C(=O)N3c2ccccc2)C(C)C)c1.Cc1cccc(C(=O)O)c1.Cl.Cl. The summed E-state index contributed by atoms with van der Waals surface area (Å²) < 4.78 is 0. The van der Waals surface area contributed by atoms with Crippen LogP contribution in [-0.4, -0.2) is 243 Å². The number of para-hydroxylation sites is 4. The maximum atomic E-state index is 13.5. The summed E-state index contributed by atoms with van der Waals surface area (Å²) in [6.45, 7) is 26.9. The minimum atomic E-state index is -1.01. The lowest BCUT2D eigenvalue weighted by Crippen LogP contribution is -2.60. The second kappa shape index (κ2) is 43.5. The summed E-state index contributed by atoms with van der Waals surface area (Å²) in [5, 5.41) is 23.0. The Morgan fingerprint density at radius 2 is 0.651 bits per heavy atom. The van der Waals surface area contributed by atoms with Gasteiger partial charge in [-0.2, -0.15) is 0 Å². The van der Waals surface area contributed by atoms with E-state index in [0.29, 0.717) is 113 Å². The van der Waals surface area contributed by atoms with Crippen LogP contribution >= 0.6 is 24.8 Å². The topological polar surface area (TPSA) is 365 Å². The van der Waals surface area contributed by atoms with Gasteiger partial charge in [-0.15, -0.1) is 24.8 Å². The second-order valence-electron chi connectivity index (χ2n) is 34.5. The molecule has 32 heteroatoms. The number of carbonyl (C=O) groups is 14. The lowest BCUT2D eigenvalue weighted by Gasteiger charge is -2.43. The van der Waals surface area contributed by atoms with Crippen LogP contribution in [0.25, 0.3) is 0 Å². The zero-order valence-corrected chi connectivity index (χ0v) is 76.7. The number of carboxylic acids is 2. The van der Waals surface area contributed by atoms with E-state index in [4.69, 9.17) is 15.9 Å². The van der Waals surface area contributed by atoms with Gasteiger partial charge in [0.05, 0.1) is 17.5 Å². The number of likely N-dealkylation sites (tertiary alicyclic amines) is 3. The number of imide groups is 4. The molecule has 0 radical (unpaired) electrons. The molecule has 0 aliphatic carbocycles. The van der Waals surface area contributed by atoms with E-state index in [9.17, 15) is 67.1 Å². The van der Waals surface area contributed by atoms with Crippen molar-refractivity contribution in [2.24, 2.45) is 41.2 Å². The van der Waals surface area contributed by atoms with Crippen molar-refractivity contribution in [3.8, 4) is 0 Å². The molecule has 680 valence electrons. The van der Waals surface area contributed by atoms with Gasteiger partial charge in [0, 0.05) is 102 Å². The fraction of sp³-hybridized carbons (Fsp3) is 0.468. The Kier molecular flexibility index (Phi) is 35.1. The molecule has 6 N–H and O–H groups in total. The number of aryl methyl sites for hydroxylation is 2. The Morgan fingerprint density at radius 3 is 0.913 bits per heavy atom. The van der Waals surface area contributed by atoms with E-state index >= 15 is 0 Å². The van der Waals surface area contributed by atoms with Crippen molar-refractivity contribution in [2.75, 3.05) is 100 Å². The number of benzene rings is 6. The highest BCUT2D eigenvalue weighted by molar-refractivity contribution is 6.19. The number of nitrogens with one attached hydrogen (secondary N) is 2. The molecule has 4 atom stereocenters. The van der Waals surface area contributed by atoms with Gasteiger partial charge in [0.15, 0.2) is 0 Å². The fourth-order valence-electron chi connectivity index (χ4n) is 16.8. The normalized spacial score (nSPS) is 18.8. The number of aliphatic carboxylic acids is 1. The molecule has 0 bridgehead atoms. The first-order chi connectivity index (χ1) is 58.7. The Hall–Kier alpha value is -11.6. The number of anilines is 4. The Bertz CT molecular complexity index is 4740. The number of nitrogens with two attached hydrogens (primary N) is 1. The highest BCUT2D eigenvalue weighted by Gasteiger charge is 2.62. The van der Waals surface area contributed by atoms with E-state index in [1.807, 2.05) is 221 Å². The molecule has 16 amide bonds. The van der Waals surface area contributed by atoms with Gasteiger partial charge in [-0.05, 0) is 175 Å². The zero-order valence-electron chi connectivity index (χ0n) is 75.0. The molecular weight excluding hydrogens is 1650 g/mol. The average Bonchev–Trinajstić information content (AvgIpc) is 1.61. The Labute approximate surface area is 751 Å². The van der Waals surface area contributed by atoms with Gasteiger partial charge in [-0.3, -0.25) is 82.4 Å². The number of rotatable bonds is 15. The summed E-state index contributed by atoms with van der Waals surface area (Å²) >= 11 is 0. The molecule has 6 aromatic rings. The molecule has 8 saturated heterocycles. The fourth-order valence-corrected chi connectivity index (χ4v) is 16.8. The quantitative estimate of drug-likeness (QED) is 0.0596. The van der Waals surface area contributed by atoms with Gasteiger partial charge in [0.2, 0.25) is 17.7 Å². The molecule has 0 saturated carbocycles. The number of amides is 16. The van der Waals surface area contributed by atoms with E-state index in [1.165, 1.54) is 40.7 Å². The lowest BCUT2D eigenvalue weighted by molar-refractivity contribution is -0.142. The van der Waals surface area contributed by atoms with Crippen LogP contribution in [0.5, 0.6) is 0 Å². The van der Waals surface area contributed by atoms with Crippen LogP contribution in [0.2, 0.25) is 0 Å². The average molecular weight is 1780 g/mol. The molecule has 14 rings (SSSR count). The van der Waals surface area contributed by atoms with Crippen molar-refractivity contribution < 1.29 is 77.3 Å². The smallest absolute Gasteiger partial charge is 0.335 e. The predicted molar refractivity (Wildman–Crippen MR) is 487 cm³/mol. The minimum absolute atomic E-state index is 0. The molecule has 8 aliphatic heterocycles. The standard InChI is InChI=1S/C27H32N4O4.C20H27N3O3.C19H26N4O3.C14H17N3O2.C8H8O2.C6H12O2.2ClH/c1-18(2)22(28-23(32)20-10-8-9-19(3)17-20)24(33)30-15-13-27(14-16-30)25(34)29(4)26(35)31(27)21-11-6-5-7-12-21;1-14(2)15(3)17(24)22-12-10-20(11-13-22)18(25)21(4)19(26)23(20)16-8-6-5-7-9-16;1-13(2)15(20)16(24)22-11-9-19(10-12-22)17(25)21(3)18(26)23(19)14-7-5-4-6-8-14;1-16-12(18)14(7-9-15-10-8-14)17(13(16)19)11-5-3-2-4-6-11;1-6-3-2-4-7(5-6)8(9)10;1-4(2)5(3)6(7)8;;/h5-12,17-18,22H,13-16H2,1-4H3,(H,28,32);5-9,14-15H,10-13H2,1-4H3;4-8,13,15H,9-12,20H2,1-3H3;2-6,15H,7-10H2,1H3;2-5H,1H3,(H,9,10);4-5H,1-3H3,(H,7,8);2*1H/t22-;2*15-;;;5-;;/m111..1../s1. The van der Waals surface area contributed by atoms with Gasteiger partial charge < -0.3 is 41.3 Å². The molecule has 126 heavy (non-hydrogen) atoms. The van der Waals surface area contributed by atoms with Crippen molar-refractivity contribution in [3.63, 3.8) is 0 Å². The summed E-state index contributed by atoms with van der Waals surface area (Å²) in [6.07, 6.45) is 3.74. The van der Waals surface area contributed by atoms with Gasteiger partial charge in [-0.25, -0.2) is 24.0 Å². The van der Waals surface area contributed by atoms with Gasteiger partial charge in [-0.1, -0.05) is 177 Å². The predicted octanol–water partition coefficient (Wildman–Crippen LogP) is 12.5. The number of carbonyl (C=O) groups excluding carboxylic acids is 12. The summed E-state index contributed by atoms with van der Waals surface area (Å²) in [7, 11) is 6.12. The zero-order chi connectivity index (χ0) is 91.2. The third kappa shape index (κ3) is 21.6. The summed E-state index contributed by atoms with van der Waals surface area (Å²) in [5.41, 5.74) is 8.17. The number of hydrogen-bond acceptors (Lipinski definition) is 16. The largest absolute Gasteiger partial charge is 0.481 e. The number of urea groups is 4. The number of aromatic carboxylic acids is 1. The van der Waals surface area contributed by atoms with Crippen LogP contribution in [0.1, 0.15) is 152 Å². The number of nitrogens with zero attached hydrogens (tertiary/aromatic N) is 11. The molecule has 30 nitrogen and oxygen atoms in total. The number of piperidine rings is 4. The highest BCUT2D eigenvalue weighted by atomic mass is 35.5. The molecule has 0 unspecified atom stereocenters. The highest BCUT2D eigenvalue weighted by Crippen LogP contribution is 2.45. The third-order valence-electron chi connectivity index (χ3n) is 25.2. The number of hydrogen-bond donors (Lipinski definition) is 5. The van der Waals surface area contributed by atoms with Gasteiger partial charge >= 0.3 is 36.1 Å². The third-order valence-corrected chi connectivity index (χ3v) is 25.2. The van der Waals surface area contributed by atoms with Crippen LogP contribution in [0.3, 0.4) is 0 Å². The molecule has 4 spiro atoms. The maximum Gasteiger partial charge on any atom is 0.335 e. The molecule has 0 aromatic heterocycles. The van der Waals surface area contributed by atoms with Crippen LogP contribution in [-0.2, 0) is 38.4 Å². The molecular formula is C94H124Cl2N14O16. The van der Waals surface area contributed by atoms with E-state index in [-0.39, 0.29) is 132 Å². The van der Waals surface area contributed by atoms with Gasteiger partial charge in [0.1, 0.15) is 28.2 Å². The Morgan fingerprint density at radius 1 is 0.365 bits per heavy atom. The summed E-state index contributed by atoms with van der Waals surface area (Å²) in [6, 6.07) is 48.8. The monoisotopic (exact) mass is 1770 g/mol. The van der Waals surface area contributed by atoms with Crippen molar-refractivity contribution in [3.05, 3.63) is 192 Å². The molecule has 8 aliphatic rings. The van der Waals surface area contributed by atoms with E-state index < -0.39 is 46.2 Å². The summed E-state index contributed by atoms with van der Waals surface area (Å²) in [5.74, 6) is -2.50. The van der Waals surface area contributed by atoms with E-state index in [0.717, 1.165) is 35.6 Å².